The molecule has 4 rings (SSSR count). The maximum absolute atomic E-state index is 13.6. The molecular formula is C50H58N4O12. The molecule has 6 N–H and O–H groups in total. The van der Waals surface area contributed by atoms with E-state index >= 15 is 0 Å². The number of nitrogens with zero attached hydrogens (tertiary/aromatic N) is 2. The normalized spacial score (nSPS) is 11.3. The van der Waals surface area contributed by atoms with Crippen LogP contribution in [0.3, 0.4) is 0 Å². The van der Waals surface area contributed by atoms with Gasteiger partial charge in [-0.25, -0.2) is 0 Å². The third kappa shape index (κ3) is 16.7. The summed E-state index contributed by atoms with van der Waals surface area (Å²) in [5.74, 6) is -0.223. The quantitative estimate of drug-likeness (QED) is 0.0326. The van der Waals surface area contributed by atoms with E-state index < -0.39 is 0 Å². The standard InChI is InChI=1S/C50H58N4O12/c1-63-43-31-35(9-17-39(43)55)13-21-47(59)51-25-7-29-53(49(61)23-15-37-11-19-41(57)45(33-37)65-3)27-5-6-28-54(50(62)24-16-38-12-20-42(58)46(34-38)66-4)30-8-26-52-48(60)22-14-36-10-18-40(56)44(32-36)64-2/h9-24,31-34,55-58H,5-8,25-30H2,1-4H3,(H,51,59)(H,52,60). The second-order valence-electron chi connectivity index (χ2n) is 14.7. The molecule has 0 saturated heterocycles. The molecule has 0 aliphatic carbocycles. The van der Waals surface area contributed by atoms with E-state index in [2.05, 4.69) is 10.6 Å². The van der Waals surface area contributed by atoms with Gasteiger partial charge in [0.05, 0.1) is 28.4 Å². The number of methoxy groups -OCH3 is 4. The van der Waals surface area contributed by atoms with E-state index in [1.165, 1.54) is 77.0 Å². The lowest BCUT2D eigenvalue weighted by Crippen LogP contribution is -2.36. The van der Waals surface area contributed by atoms with E-state index in [0.717, 1.165) is 0 Å². The predicted octanol–water partition coefficient (Wildman–Crippen LogP) is 6.15. The Morgan fingerprint density at radius 3 is 1.00 bits per heavy atom. The van der Waals surface area contributed by atoms with Gasteiger partial charge in [-0.2, -0.15) is 0 Å². The first kappa shape index (κ1) is 50.8. The number of phenols is 4. The van der Waals surface area contributed by atoms with E-state index in [4.69, 9.17) is 18.9 Å². The summed E-state index contributed by atoms with van der Waals surface area (Å²) in [5, 5.41) is 45.3. The van der Waals surface area contributed by atoms with E-state index in [0.29, 0.717) is 74.1 Å². The smallest absolute Gasteiger partial charge is 0.246 e. The number of carbonyl (C=O) groups excluding carboxylic acids is 4. The number of amides is 4. The lowest BCUT2D eigenvalue weighted by Gasteiger charge is -2.24. The zero-order valence-corrected chi connectivity index (χ0v) is 37.6. The Bertz CT molecular complexity index is 2230. The molecule has 0 radical (unpaired) electrons. The molecule has 0 bridgehead atoms. The van der Waals surface area contributed by atoms with Gasteiger partial charge in [-0.15, -0.1) is 0 Å². The SMILES string of the molecule is COc1cc(C=CC(=O)NCCCN(CCCCN(CCCNC(=O)C=Cc2ccc(O)c(OC)c2)C(=O)C=Cc2ccc(O)c(OC)c2)C(=O)C=Cc2ccc(O)c(OC)c2)ccc1O. The molecule has 0 unspecified atom stereocenters. The number of rotatable bonds is 25. The van der Waals surface area contributed by atoms with Gasteiger partial charge in [0.15, 0.2) is 46.0 Å². The number of carbonyl (C=O) groups is 4. The molecule has 16 nitrogen and oxygen atoms in total. The summed E-state index contributed by atoms with van der Waals surface area (Å²) < 4.78 is 20.7. The van der Waals surface area contributed by atoms with Gasteiger partial charge in [-0.3, -0.25) is 19.2 Å². The van der Waals surface area contributed by atoms with Crippen LogP contribution in [0.4, 0.5) is 0 Å². The van der Waals surface area contributed by atoms with Crippen molar-refractivity contribution in [3.63, 3.8) is 0 Å². The van der Waals surface area contributed by atoms with E-state index in [1.54, 1.807) is 82.6 Å². The van der Waals surface area contributed by atoms with Gasteiger partial charge < -0.3 is 59.8 Å². The molecule has 66 heavy (non-hydrogen) atoms. The van der Waals surface area contributed by atoms with Crippen molar-refractivity contribution in [2.75, 3.05) is 67.7 Å². The third-order valence-electron chi connectivity index (χ3n) is 10.0. The number of hydrogen-bond acceptors (Lipinski definition) is 12. The number of hydrogen-bond donors (Lipinski definition) is 6. The van der Waals surface area contributed by atoms with E-state index in [1.807, 2.05) is 0 Å². The van der Waals surface area contributed by atoms with Gasteiger partial charge in [0, 0.05) is 63.6 Å². The van der Waals surface area contributed by atoms with E-state index in [9.17, 15) is 39.6 Å². The van der Waals surface area contributed by atoms with Gasteiger partial charge in [-0.1, -0.05) is 24.3 Å². The van der Waals surface area contributed by atoms with Crippen molar-refractivity contribution in [2.45, 2.75) is 25.7 Å². The molecule has 0 aliphatic rings. The average molecular weight is 907 g/mol. The van der Waals surface area contributed by atoms with Crippen LogP contribution >= 0.6 is 0 Å². The van der Waals surface area contributed by atoms with Crippen molar-refractivity contribution in [1.29, 1.82) is 0 Å². The highest BCUT2D eigenvalue weighted by molar-refractivity contribution is 5.93. The summed E-state index contributed by atoms with van der Waals surface area (Å²) in [6, 6.07) is 18.9. The lowest BCUT2D eigenvalue weighted by atomic mass is 10.1. The van der Waals surface area contributed by atoms with Crippen LogP contribution in [0.25, 0.3) is 24.3 Å². The predicted molar refractivity (Wildman–Crippen MR) is 252 cm³/mol. The molecule has 0 heterocycles. The first-order chi connectivity index (χ1) is 31.8. The minimum absolute atomic E-state index is 0.0135. The molecule has 0 fully saturated rings. The van der Waals surface area contributed by atoms with Crippen molar-refractivity contribution < 1.29 is 58.6 Å². The van der Waals surface area contributed by atoms with E-state index in [-0.39, 0.29) is 82.7 Å². The Balaban J connectivity index is 1.39. The fourth-order valence-corrected chi connectivity index (χ4v) is 6.43. The van der Waals surface area contributed by atoms with Gasteiger partial charge in [0.25, 0.3) is 0 Å². The summed E-state index contributed by atoms with van der Waals surface area (Å²) in [7, 11) is 5.74. The zero-order chi connectivity index (χ0) is 47.8. The van der Waals surface area contributed by atoms with Gasteiger partial charge >= 0.3 is 0 Å². The summed E-state index contributed by atoms with van der Waals surface area (Å²) in [5.41, 5.74) is 2.60. The molecular weight excluding hydrogens is 849 g/mol. The number of benzene rings is 4. The van der Waals surface area contributed by atoms with Gasteiger partial charge in [0.2, 0.25) is 23.6 Å². The van der Waals surface area contributed by atoms with Crippen LogP contribution in [0.15, 0.2) is 97.1 Å². The van der Waals surface area contributed by atoms with Crippen molar-refractivity contribution in [1.82, 2.24) is 20.4 Å². The van der Waals surface area contributed by atoms with Crippen LogP contribution in [-0.2, 0) is 19.2 Å². The Morgan fingerprint density at radius 1 is 0.439 bits per heavy atom. The largest absolute Gasteiger partial charge is 0.504 e. The Hall–Kier alpha value is -7.88. The first-order valence-electron chi connectivity index (χ1n) is 21.2. The minimum Gasteiger partial charge on any atom is -0.504 e. The topological polar surface area (TPSA) is 217 Å². The van der Waals surface area contributed by atoms with Crippen LogP contribution < -0.4 is 29.6 Å². The summed E-state index contributed by atoms with van der Waals surface area (Å²) >= 11 is 0. The van der Waals surface area contributed by atoms with Crippen molar-refractivity contribution >= 4 is 47.9 Å². The van der Waals surface area contributed by atoms with Crippen molar-refractivity contribution in [2.24, 2.45) is 0 Å². The molecule has 0 spiro atoms. The first-order valence-corrected chi connectivity index (χ1v) is 21.2. The van der Waals surface area contributed by atoms with Gasteiger partial charge in [-0.05, 0) is 121 Å². The molecule has 0 aromatic heterocycles. The maximum Gasteiger partial charge on any atom is 0.246 e. The summed E-state index contributed by atoms with van der Waals surface area (Å²) in [6.07, 6.45) is 14.0. The minimum atomic E-state index is -0.337. The van der Waals surface area contributed by atoms with Crippen LogP contribution in [0.2, 0.25) is 0 Å². The molecule has 16 heteroatoms. The van der Waals surface area contributed by atoms with Crippen LogP contribution in [0.5, 0.6) is 46.0 Å². The third-order valence-corrected chi connectivity index (χ3v) is 10.0. The molecule has 350 valence electrons. The Kier molecular flexibility index (Phi) is 20.5. The number of aromatic hydroxyl groups is 4. The fraction of sp³-hybridized carbons (Fsp3) is 0.280. The van der Waals surface area contributed by atoms with Crippen LogP contribution in [0, 0.1) is 0 Å². The maximum atomic E-state index is 13.6. The molecule has 4 aromatic carbocycles. The molecule has 0 atom stereocenters. The lowest BCUT2D eigenvalue weighted by molar-refractivity contribution is -0.127. The average Bonchev–Trinajstić information content (AvgIpc) is 3.32. The second-order valence-corrected chi connectivity index (χ2v) is 14.7. The Morgan fingerprint density at radius 2 is 0.712 bits per heavy atom. The highest BCUT2D eigenvalue weighted by Gasteiger charge is 2.15. The Labute approximate surface area is 384 Å². The number of ether oxygens (including phenoxy) is 4. The van der Waals surface area contributed by atoms with Crippen LogP contribution in [-0.4, -0.2) is 122 Å². The van der Waals surface area contributed by atoms with Crippen molar-refractivity contribution in [3.05, 3.63) is 119 Å². The highest BCUT2D eigenvalue weighted by atomic mass is 16.5. The number of nitrogens with one attached hydrogen (secondary N) is 2. The van der Waals surface area contributed by atoms with Gasteiger partial charge in [0.1, 0.15) is 0 Å². The van der Waals surface area contributed by atoms with Crippen molar-refractivity contribution in [3.8, 4) is 46.0 Å². The zero-order valence-electron chi connectivity index (χ0n) is 37.6. The molecule has 4 aromatic rings. The molecule has 0 saturated carbocycles. The van der Waals surface area contributed by atoms with Crippen LogP contribution in [0.1, 0.15) is 47.9 Å². The number of phenolic OH excluding ortho intramolecular Hbond substituents is 4. The second kappa shape index (κ2) is 26.7. The monoisotopic (exact) mass is 906 g/mol. The summed E-state index contributed by atoms with van der Waals surface area (Å²) in [4.78, 5) is 55.7. The highest BCUT2D eigenvalue weighted by Crippen LogP contribution is 2.29. The molecule has 0 aliphatic heterocycles. The molecule has 4 amide bonds. The summed E-state index contributed by atoms with van der Waals surface area (Å²) in [6.45, 7) is 1.89. The fourth-order valence-electron chi connectivity index (χ4n) is 6.43. The number of unbranched alkanes of at least 4 members (excludes halogenated alkanes) is 1.